The highest BCUT2D eigenvalue weighted by molar-refractivity contribution is 6.24. The van der Waals surface area contributed by atoms with Gasteiger partial charge in [0, 0.05) is 11.1 Å². The van der Waals surface area contributed by atoms with E-state index >= 15 is 0 Å². The van der Waals surface area contributed by atoms with Crippen LogP contribution in [0.25, 0.3) is 0 Å². The number of aryl methyl sites for hydroxylation is 2. The summed E-state index contributed by atoms with van der Waals surface area (Å²) < 4.78 is 0. The second-order valence-corrected chi connectivity index (χ2v) is 5.46. The van der Waals surface area contributed by atoms with Gasteiger partial charge in [-0.15, -0.1) is 5.10 Å². The highest BCUT2D eigenvalue weighted by Gasteiger charge is 2.28. The molecule has 2 aromatic carbocycles. The number of aromatic nitrogens is 3. The number of benzene rings is 2. The molecule has 0 aliphatic carbocycles. The van der Waals surface area contributed by atoms with Crippen LogP contribution in [0.4, 0.5) is 5.95 Å². The van der Waals surface area contributed by atoms with Crippen molar-refractivity contribution in [3.8, 4) is 0 Å². The molecule has 25 heavy (non-hydrogen) atoms. The maximum atomic E-state index is 13.0. The van der Waals surface area contributed by atoms with Crippen molar-refractivity contribution in [1.29, 1.82) is 0 Å². The maximum Gasteiger partial charge on any atom is 0.267 e. The number of nitrogens with zero attached hydrogens (tertiary/aromatic N) is 4. The lowest BCUT2D eigenvalue weighted by atomic mass is 10.1. The summed E-state index contributed by atoms with van der Waals surface area (Å²) in [5.41, 5.74) is 1.99. The molecule has 1 heterocycles. The quantitative estimate of drug-likeness (QED) is 0.689. The van der Waals surface area contributed by atoms with Gasteiger partial charge in [-0.25, -0.2) is 9.88 Å². The predicted molar refractivity (Wildman–Crippen MR) is 93.3 cm³/mol. The van der Waals surface area contributed by atoms with Crippen molar-refractivity contribution in [1.82, 2.24) is 15.2 Å². The summed E-state index contributed by atoms with van der Waals surface area (Å²) in [5.74, 6) is -1.04. The third-order valence-corrected chi connectivity index (χ3v) is 3.73. The molecule has 6 nitrogen and oxygen atoms in total. The van der Waals surface area contributed by atoms with Gasteiger partial charge in [0.25, 0.3) is 17.8 Å². The minimum atomic E-state index is -0.500. The molecule has 0 saturated heterocycles. The molecule has 0 fully saturated rings. The zero-order valence-corrected chi connectivity index (χ0v) is 13.9. The van der Waals surface area contributed by atoms with E-state index in [0.717, 1.165) is 4.90 Å². The van der Waals surface area contributed by atoms with E-state index in [4.69, 9.17) is 0 Å². The highest BCUT2D eigenvalue weighted by Crippen LogP contribution is 2.17. The normalized spacial score (nSPS) is 10.3. The van der Waals surface area contributed by atoms with E-state index in [2.05, 4.69) is 15.2 Å². The van der Waals surface area contributed by atoms with Crippen LogP contribution in [0.2, 0.25) is 0 Å². The Hall–Kier alpha value is -3.41. The fraction of sp³-hybridized carbons (Fsp3) is 0.105. The van der Waals surface area contributed by atoms with Gasteiger partial charge in [0.05, 0.1) is 11.4 Å². The van der Waals surface area contributed by atoms with Gasteiger partial charge in [-0.1, -0.05) is 36.4 Å². The average Bonchev–Trinajstić information content (AvgIpc) is 2.66. The SMILES string of the molecule is Cc1nnc(N(C(=O)c2ccccc2)C(=O)c2ccccc2)nc1C. The van der Waals surface area contributed by atoms with Gasteiger partial charge in [0.2, 0.25) is 0 Å². The number of anilines is 1. The minimum absolute atomic E-state index is 0.0363. The number of rotatable bonds is 3. The first-order chi connectivity index (χ1) is 12.1. The van der Waals surface area contributed by atoms with E-state index in [1.54, 1.807) is 74.5 Å². The van der Waals surface area contributed by atoms with Crippen molar-refractivity contribution in [3.63, 3.8) is 0 Å². The van der Waals surface area contributed by atoms with E-state index < -0.39 is 11.8 Å². The molecule has 0 bridgehead atoms. The molecule has 0 unspecified atom stereocenters. The van der Waals surface area contributed by atoms with E-state index in [-0.39, 0.29) is 5.95 Å². The molecule has 0 aliphatic rings. The predicted octanol–water partition coefficient (Wildman–Crippen LogP) is 2.98. The number of imide groups is 1. The van der Waals surface area contributed by atoms with Gasteiger partial charge in [0.1, 0.15) is 0 Å². The van der Waals surface area contributed by atoms with Crippen LogP contribution in [0.5, 0.6) is 0 Å². The fourth-order valence-electron chi connectivity index (χ4n) is 2.23. The standard InChI is InChI=1S/C19H16N4O2/c1-13-14(2)21-22-19(20-13)23(17(24)15-9-5-3-6-10-15)18(25)16-11-7-4-8-12-16/h3-12H,1-2H3. The van der Waals surface area contributed by atoms with Gasteiger partial charge in [-0.05, 0) is 38.1 Å². The van der Waals surface area contributed by atoms with Gasteiger partial charge >= 0.3 is 0 Å². The first-order valence-corrected chi connectivity index (χ1v) is 7.74. The van der Waals surface area contributed by atoms with E-state index in [0.29, 0.717) is 22.5 Å². The smallest absolute Gasteiger partial charge is 0.267 e. The zero-order valence-electron chi connectivity index (χ0n) is 13.9. The first kappa shape index (κ1) is 16.4. The summed E-state index contributed by atoms with van der Waals surface area (Å²) in [6, 6.07) is 17.1. The third kappa shape index (κ3) is 3.42. The summed E-state index contributed by atoms with van der Waals surface area (Å²) in [5, 5.41) is 7.95. The lowest BCUT2D eigenvalue weighted by molar-refractivity contribution is 0.0895. The van der Waals surface area contributed by atoms with Crippen LogP contribution < -0.4 is 4.90 Å². The van der Waals surface area contributed by atoms with E-state index in [1.165, 1.54) is 0 Å². The Bertz CT molecular complexity index is 860. The van der Waals surface area contributed by atoms with Gasteiger partial charge in [0.15, 0.2) is 0 Å². The molecule has 0 atom stereocenters. The van der Waals surface area contributed by atoms with Crippen molar-refractivity contribution in [2.24, 2.45) is 0 Å². The second-order valence-electron chi connectivity index (χ2n) is 5.46. The zero-order chi connectivity index (χ0) is 17.8. The molecule has 2 amide bonds. The second kappa shape index (κ2) is 7.00. The number of carbonyl (C=O) groups is 2. The molecule has 0 aliphatic heterocycles. The molecule has 0 radical (unpaired) electrons. The average molecular weight is 332 g/mol. The van der Waals surface area contributed by atoms with Crippen LogP contribution in [-0.4, -0.2) is 27.0 Å². The number of hydrogen-bond acceptors (Lipinski definition) is 5. The molecular formula is C19H16N4O2. The Kier molecular flexibility index (Phi) is 4.61. The fourth-order valence-corrected chi connectivity index (χ4v) is 2.23. The van der Waals surface area contributed by atoms with Crippen LogP contribution in [0, 0.1) is 13.8 Å². The van der Waals surface area contributed by atoms with Gasteiger partial charge in [-0.3, -0.25) is 9.59 Å². The third-order valence-electron chi connectivity index (χ3n) is 3.73. The van der Waals surface area contributed by atoms with Crippen molar-refractivity contribution in [3.05, 3.63) is 83.2 Å². The van der Waals surface area contributed by atoms with Crippen molar-refractivity contribution in [2.45, 2.75) is 13.8 Å². The lowest BCUT2D eigenvalue weighted by Gasteiger charge is -2.19. The molecule has 3 aromatic rings. The molecule has 124 valence electrons. The Balaban J connectivity index is 2.09. The Morgan fingerprint density at radius 3 is 1.64 bits per heavy atom. The summed E-state index contributed by atoms with van der Waals surface area (Å²) in [4.78, 5) is 31.1. The van der Waals surface area contributed by atoms with Crippen molar-refractivity contribution in [2.75, 3.05) is 4.90 Å². The Labute approximate surface area is 145 Å². The molecule has 0 N–H and O–H groups in total. The largest absolute Gasteiger partial charge is 0.268 e. The Morgan fingerprint density at radius 2 is 1.20 bits per heavy atom. The maximum absolute atomic E-state index is 13.0. The Morgan fingerprint density at radius 1 is 0.720 bits per heavy atom. The molecule has 1 aromatic heterocycles. The number of amides is 2. The minimum Gasteiger partial charge on any atom is -0.268 e. The van der Waals surface area contributed by atoms with Crippen LogP contribution in [0.1, 0.15) is 32.1 Å². The van der Waals surface area contributed by atoms with Gasteiger partial charge in [-0.2, -0.15) is 5.10 Å². The molecule has 0 spiro atoms. The summed E-state index contributed by atoms with van der Waals surface area (Å²) >= 11 is 0. The van der Waals surface area contributed by atoms with Crippen LogP contribution in [0.3, 0.4) is 0 Å². The molecule has 6 heteroatoms. The topological polar surface area (TPSA) is 76.1 Å². The summed E-state index contributed by atoms with van der Waals surface area (Å²) in [6.07, 6.45) is 0. The van der Waals surface area contributed by atoms with Crippen LogP contribution in [-0.2, 0) is 0 Å². The molecular weight excluding hydrogens is 316 g/mol. The molecule has 0 saturated carbocycles. The van der Waals surface area contributed by atoms with Gasteiger partial charge < -0.3 is 0 Å². The lowest BCUT2D eigenvalue weighted by Crippen LogP contribution is -2.38. The number of carbonyl (C=O) groups excluding carboxylic acids is 2. The number of hydrogen-bond donors (Lipinski definition) is 0. The van der Waals surface area contributed by atoms with Crippen LogP contribution in [0.15, 0.2) is 60.7 Å². The van der Waals surface area contributed by atoms with Crippen molar-refractivity contribution >= 4 is 17.8 Å². The van der Waals surface area contributed by atoms with E-state index in [1.807, 2.05) is 0 Å². The van der Waals surface area contributed by atoms with Crippen LogP contribution >= 0.6 is 0 Å². The first-order valence-electron chi connectivity index (χ1n) is 7.74. The summed E-state index contributed by atoms with van der Waals surface area (Å²) in [6.45, 7) is 3.52. The van der Waals surface area contributed by atoms with Crippen molar-refractivity contribution < 1.29 is 9.59 Å². The highest BCUT2D eigenvalue weighted by atomic mass is 16.2. The molecule has 3 rings (SSSR count). The van der Waals surface area contributed by atoms with E-state index in [9.17, 15) is 9.59 Å². The summed E-state index contributed by atoms with van der Waals surface area (Å²) in [7, 11) is 0. The monoisotopic (exact) mass is 332 g/mol.